The number of hydrogen-bond acceptors (Lipinski definition) is 3. The van der Waals surface area contributed by atoms with Crippen LogP contribution < -0.4 is 16.0 Å². The summed E-state index contributed by atoms with van der Waals surface area (Å²) in [5, 5.41) is 14.0. The van der Waals surface area contributed by atoms with Gasteiger partial charge in [0.05, 0.1) is 11.2 Å². The fourth-order valence-corrected chi connectivity index (χ4v) is 3.13. The highest BCUT2D eigenvalue weighted by Crippen LogP contribution is 2.17. The second-order valence-corrected chi connectivity index (χ2v) is 6.27. The third-order valence-electron chi connectivity index (χ3n) is 4.52. The lowest BCUT2D eigenvalue weighted by atomic mass is 9.94. The van der Waals surface area contributed by atoms with Crippen LogP contribution in [0, 0.1) is 5.92 Å². The van der Waals surface area contributed by atoms with E-state index in [-0.39, 0.29) is 17.9 Å². The second-order valence-electron chi connectivity index (χ2n) is 6.27. The van der Waals surface area contributed by atoms with Gasteiger partial charge < -0.3 is 16.0 Å². The fourth-order valence-electron chi connectivity index (χ4n) is 3.13. The first-order valence-corrected chi connectivity index (χ1v) is 8.29. The molecule has 1 saturated heterocycles. The van der Waals surface area contributed by atoms with Crippen LogP contribution >= 0.6 is 0 Å². The van der Waals surface area contributed by atoms with Crippen molar-refractivity contribution in [2.75, 3.05) is 13.1 Å². The van der Waals surface area contributed by atoms with E-state index in [1.165, 1.54) is 0 Å². The van der Waals surface area contributed by atoms with Crippen molar-refractivity contribution < 1.29 is 9.59 Å². The average Bonchev–Trinajstić information content (AvgIpc) is 2.88. The lowest BCUT2D eigenvalue weighted by Crippen LogP contribution is -2.56. The normalized spacial score (nSPS) is 20.7. The van der Waals surface area contributed by atoms with E-state index >= 15 is 0 Å². The van der Waals surface area contributed by atoms with Crippen molar-refractivity contribution in [3.05, 3.63) is 30.0 Å². The minimum Gasteiger partial charge on any atom is -0.354 e. The molecule has 3 rings (SSSR count). The number of urea groups is 1. The zero-order valence-electron chi connectivity index (χ0n) is 14.0. The molecule has 3 N–H and O–H groups in total. The van der Waals surface area contributed by atoms with E-state index in [0.29, 0.717) is 19.5 Å². The Morgan fingerprint density at radius 3 is 3.00 bits per heavy atom. The number of rotatable bonds is 4. The Balaban J connectivity index is 1.54. The minimum atomic E-state index is -0.463. The molecule has 2 heterocycles. The number of amides is 3. The van der Waals surface area contributed by atoms with Crippen LogP contribution in [0.5, 0.6) is 0 Å². The van der Waals surface area contributed by atoms with E-state index in [4.69, 9.17) is 0 Å². The predicted octanol–water partition coefficient (Wildman–Crippen LogP) is 0.940. The molecule has 0 aliphatic carbocycles. The summed E-state index contributed by atoms with van der Waals surface area (Å²) in [6.07, 6.45) is 1.51. The Bertz CT molecular complexity index is 755. The van der Waals surface area contributed by atoms with Gasteiger partial charge in [0.15, 0.2) is 0 Å². The van der Waals surface area contributed by atoms with E-state index in [1.54, 1.807) is 0 Å². The monoisotopic (exact) mass is 329 g/mol. The predicted molar refractivity (Wildman–Crippen MR) is 91.5 cm³/mol. The Hall–Kier alpha value is -2.57. The van der Waals surface area contributed by atoms with Crippen molar-refractivity contribution >= 4 is 22.8 Å². The molecule has 24 heavy (non-hydrogen) atoms. The maximum Gasteiger partial charge on any atom is 0.315 e. The molecule has 2 atom stereocenters. The van der Waals surface area contributed by atoms with Gasteiger partial charge in [-0.2, -0.15) is 5.10 Å². The largest absolute Gasteiger partial charge is 0.354 e. The van der Waals surface area contributed by atoms with Crippen LogP contribution in [-0.4, -0.2) is 40.9 Å². The van der Waals surface area contributed by atoms with Gasteiger partial charge in [-0.3, -0.25) is 9.48 Å². The Labute approximate surface area is 140 Å². The molecule has 0 bridgehead atoms. The van der Waals surface area contributed by atoms with Crippen LogP contribution in [0.25, 0.3) is 10.9 Å². The molecule has 0 saturated carbocycles. The maximum atomic E-state index is 12.0. The molecule has 1 aliphatic rings. The summed E-state index contributed by atoms with van der Waals surface area (Å²) in [5.74, 6) is 0.0313. The lowest BCUT2D eigenvalue weighted by molar-refractivity contribution is -0.125. The Morgan fingerprint density at radius 2 is 2.21 bits per heavy atom. The van der Waals surface area contributed by atoms with Gasteiger partial charge in [-0.05, 0) is 18.4 Å². The van der Waals surface area contributed by atoms with Gasteiger partial charge in [0.1, 0.15) is 6.04 Å². The summed E-state index contributed by atoms with van der Waals surface area (Å²) in [7, 11) is 1.91. The van der Waals surface area contributed by atoms with Crippen molar-refractivity contribution in [2.45, 2.75) is 25.8 Å². The third-order valence-corrected chi connectivity index (χ3v) is 4.52. The highest BCUT2D eigenvalue weighted by molar-refractivity contribution is 5.88. The average molecular weight is 329 g/mol. The fraction of sp³-hybridized carbons (Fsp3) is 0.471. The Morgan fingerprint density at radius 1 is 1.42 bits per heavy atom. The number of benzene rings is 1. The van der Waals surface area contributed by atoms with Crippen LogP contribution in [0.3, 0.4) is 0 Å². The van der Waals surface area contributed by atoms with Crippen LogP contribution in [-0.2, 0) is 18.3 Å². The highest BCUT2D eigenvalue weighted by atomic mass is 16.2. The number of nitrogens with one attached hydrogen (secondary N) is 3. The number of hydrogen-bond donors (Lipinski definition) is 3. The van der Waals surface area contributed by atoms with Crippen molar-refractivity contribution in [3.63, 3.8) is 0 Å². The van der Waals surface area contributed by atoms with E-state index in [1.807, 2.05) is 42.9 Å². The van der Waals surface area contributed by atoms with Gasteiger partial charge in [0, 0.05) is 31.9 Å². The van der Waals surface area contributed by atoms with Crippen molar-refractivity contribution in [3.8, 4) is 0 Å². The topological polar surface area (TPSA) is 88.1 Å². The molecule has 128 valence electrons. The number of aryl methyl sites for hydroxylation is 1. The van der Waals surface area contributed by atoms with Gasteiger partial charge in [-0.25, -0.2) is 4.79 Å². The SMILES string of the molecule is C[C@H]1CCNC(=O)[C@@H]1NC(=O)NCCc1nn(C)c2ccccc12. The van der Waals surface area contributed by atoms with Crippen molar-refractivity contribution in [2.24, 2.45) is 13.0 Å². The first kappa shape index (κ1) is 16.3. The quantitative estimate of drug-likeness (QED) is 0.780. The third kappa shape index (κ3) is 3.34. The molecule has 7 heteroatoms. The molecular formula is C17H23N5O2. The maximum absolute atomic E-state index is 12.0. The first-order valence-electron chi connectivity index (χ1n) is 8.29. The van der Waals surface area contributed by atoms with Crippen molar-refractivity contribution in [1.29, 1.82) is 0 Å². The van der Waals surface area contributed by atoms with Gasteiger partial charge in [-0.15, -0.1) is 0 Å². The summed E-state index contributed by atoms with van der Waals surface area (Å²) in [6, 6.07) is 7.24. The van der Waals surface area contributed by atoms with Crippen LogP contribution in [0.2, 0.25) is 0 Å². The summed E-state index contributed by atoms with van der Waals surface area (Å²) in [6.45, 7) is 3.12. The highest BCUT2D eigenvalue weighted by Gasteiger charge is 2.29. The van der Waals surface area contributed by atoms with Crippen molar-refractivity contribution in [1.82, 2.24) is 25.7 Å². The summed E-state index contributed by atoms with van der Waals surface area (Å²) < 4.78 is 1.85. The number of nitrogens with zero attached hydrogens (tertiary/aromatic N) is 2. The van der Waals surface area contributed by atoms with E-state index in [2.05, 4.69) is 21.0 Å². The van der Waals surface area contributed by atoms with Crippen LogP contribution in [0.1, 0.15) is 19.0 Å². The molecular weight excluding hydrogens is 306 g/mol. The van der Waals surface area contributed by atoms with Gasteiger partial charge in [0.2, 0.25) is 5.91 Å². The zero-order valence-corrected chi connectivity index (χ0v) is 14.0. The smallest absolute Gasteiger partial charge is 0.315 e. The Kier molecular flexibility index (Phi) is 4.69. The summed E-state index contributed by atoms with van der Waals surface area (Å²) >= 11 is 0. The van der Waals surface area contributed by atoms with Gasteiger partial charge in [-0.1, -0.05) is 25.1 Å². The number of carbonyl (C=O) groups excluding carboxylic acids is 2. The number of para-hydroxylation sites is 1. The molecule has 1 aliphatic heterocycles. The molecule has 3 amide bonds. The molecule has 1 aromatic carbocycles. The molecule has 0 radical (unpaired) electrons. The zero-order chi connectivity index (χ0) is 17.1. The second kappa shape index (κ2) is 6.90. The molecule has 0 spiro atoms. The minimum absolute atomic E-state index is 0.111. The van der Waals surface area contributed by atoms with Gasteiger partial charge in [0.25, 0.3) is 0 Å². The molecule has 7 nitrogen and oxygen atoms in total. The van der Waals surface area contributed by atoms with Gasteiger partial charge >= 0.3 is 6.03 Å². The molecule has 2 aromatic rings. The summed E-state index contributed by atoms with van der Waals surface area (Å²) in [5.41, 5.74) is 2.03. The molecule has 1 fully saturated rings. The number of fused-ring (bicyclic) bond motifs is 1. The summed E-state index contributed by atoms with van der Waals surface area (Å²) in [4.78, 5) is 23.9. The molecule has 0 unspecified atom stereocenters. The number of piperidine rings is 1. The van der Waals surface area contributed by atoms with E-state index < -0.39 is 6.04 Å². The lowest BCUT2D eigenvalue weighted by Gasteiger charge is -2.28. The standard InChI is InChI=1S/C17H23N5O2/c1-11-7-9-18-16(23)15(11)20-17(24)19-10-8-13-12-5-3-4-6-14(12)22(2)21-13/h3-6,11,15H,7-10H2,1-2H3,(H,18,23)(H2,19,20,24)/t11-,15+/m0/s1. The van der Waals surface area contributed by atoms with E-state index in [9.17, 15) is 9.59 Å². The van der Waals surface area contributed by atoms with Crippen LogP contribution in [0.15, 0.2) is 24.3 Å². The number of carbonyl (C=O) groups is 2. The van der Waals surface area contributed by atoms with E-state index in [0.717, 1.165) is 23.0 Å². The number of aromatic nitrogens is 2. The molecule has 1 aromatic heterocycles. The van der Waals surface area contributed by atoms with Crippen LogP contribution in [0.4, 0.5) is 4.79 Å². The first-order chi connectivity index (χ1) is 11.6.